The zero-order chi connectivity index (χ0) is 15.7. The number of nitrogens with two attached hydrogens (primary N) is 1. The second-order valence-electron chi connectivity index (χ2n) is 6.08. The lowest BCUT2D eigenvalue weighted by Gasteiger charge is -2.20. The van der Waals surface area contributed by atoms with E-state index in [9.17, 15) is 0 Å². The molecule has 0 fully saturated rings. The van der Waals surface area contributed by atoms with E-state index in [-0.39, 0.29) is 0 Å². The van der Waals surface area contributed by atoms with E-state index in [1.807, 2.05) is 0 Å². The molecule has 0 atom stereocenters. The van der Waals surface area contributed by atoms with E-state index in [1.165, 1.54) is 33.4 Å². The molecule has 0 amide bonds. The van der Waals surface area contributed by atoms with Gasteiger partial charge in [-0.3, -0.25) is 0 Å². The molecule has 2 nitrogen and oxygen atoms in total. The summed E-state index contributed by atoms with van der Waals surface area (Å²) in [6.07, 6.45) is 1.96. The van der Waals surface area contributed by atoms with Crippen molar-refractivity contribution in [2.45, 2.75) is 26.7 Å². The highest BCUT2D eigenvalue weighted by molar-refractivity contribution is 5.82. The van der Waals surface area contributed by atoms with Crippen molar-refractivity contribution in [2.75, 3.05) is 0 Å². The van der Waals surface area contributed by atoms with Crippen LogP contribution in [-0.2, 0) is 0 Å². The van der Waals surface area contributed by atoms with Gasteiger partial charge in [-0.2, -0.15) is 0 Å². The van der Waals surface area contributed by atoms with E-state index in [4.69, 9.17) is 5.73 Å². The summed E-state index contributed by atoms with van der Waals surface area (Å²) in [6.45, 7) is 4.21. The molecule has 3 rings (SSSR count). The van der Waals surface area contributed by atoms with Crippen molar-refractivity contribution in [3.63, 3.8) is 0 Å². The molecule has 2 aromatic rings. The molecule has 2 aromatic carbocycles. The molecule has 112 valence electrons. The van der Waals surface area contributed by atoms with Crippen LogP contribution in [0.25, 0.3) is 11.1 Å². The van der Waals surface area contributed by atoms with Gasteiger partial charge in [0.25, 0.3) is 0 Å². The molecule has 0 saturated heterocycles. The summed E-state index contributed by atoms with van der Waals surface area (Å²) in [5, 5.41) is 0. The van der Waals surface area contributed by atoms with E-state index in [0.29, 0.717) is 0 Å². The van der Waals surface area contributed by atoms with Gasteiger partial charge in [0, 0.05) is 5.57 Å². The Morgan fingerprint density at radius 1 is 0.727 bits per heavy atom. The van der Waals surface area contributed by atoms with Crippen molar-refractivity contribution in [1.82, 2.24) is 0 Å². The quantitative estimate of drug-likeness (QED) is 0.875. The SMILES string of the molecule is Cc1ccc(C2=C(N)C([NH3+])=C(c3ccc(C)cc3)CC2)cc1. The van der Waals surface area contributed by atoms with Crippen LogP contribution in [0.5, 0.6) is 0 Å². The standard InChI is InChI=1S/C20H22N2/c1-13-3-7-15(8-4-13)17-11-12-18(20(22)19(17)21)16-9-5-14(2)6-10-16/h3-10H,11-12,21-22H2,1-2H3/p+1. The minimum absolute atomic E-state index is 0.839. The van der Waals surface area contributed by atoms with Crippen LogP contribution in [0.2, 0.25) is 0 Å². The largest absolute Gasteiger partial charge is 0.394 e. The van der Waals surface area contributed by atoms with E-state index in [1.54, 1.807) is 0 Å². The number of benzene rings is 2. The van der Waals surface area contributed by atoms with Crippen LogP contribution < -0.4 is 11.5 Å². The Kier molecular flexibility index (Phi) is 3.86. The summed E-state index contributed by atoms with van der Waals surface area (Å²) in [4.78, 5) is 0. The Hall–Kier alpha value is -2.32. The summed E-state index contributed by atoms with van der Waals surface area (Å²) in [5.41, 5.74) is 20.0. The van der Waals surface area contributed by atoms with Crippen molar-refractivity contribution in [1.29, 1.82) is 0 Å². The first-order valence-electron chi connectivity index (χ1n) is 7.74. The molecule has 1 aliphatic rings. The molecule has 1 aliphatic carbocycles. The number of aryl methyl sites for hydroxylation is 2. The van der Waals surface area contributed by atoms with Crippen molar-refractivity contribution in [3.05, 3.63) is 82.2 Å². The van der Waals surface area contributed by atoms with Gasteiger partial charge in [0.2, 0.25) is 0 Å². The van der Waals surface area contributed by atoms with Crippen LogP contribution in [-0.4, -0.2) is 0 Å². The second kappa shape index (κ2) is 5.82. The smallest absolute Gasteiger partial charge is 0.155 e. The average molecular weight is 291 g/mol. The molecular weight excluding hydrogens is 268 g/mol. The number of rotatable bonds is 2. The molecule has 5 N–H and O–H groups in total. The molecule has 0 unspecified atom stereocenters. The first kappa shape index (κ1) is 14.6. The summed E-state index contributed by atoms with van der Waals surface area (Å²) < 4.78 is 0. The fourth-order valence-corrected chi connectivity index (χ4v) is 3.01. The predicted molar refractivity (Wildman–Crippen MR) is 92.5 cm³/mol. The maximum atomic E-state index is 6.41. The van der Waals surface area contributed by atoms with E-state index in [0.717, 1.165) is 24.2 Å². The molecular formula is C20H23N2+. The Morgan fingerprint density at radius 2 is 1.14 bits per heavy atom. The van der Waals surface area contributed by atoms with E-state index < -0.39 is 0 Å². The van der Waals surface area contributed by atoms with Gasteiger partial charge >= 0.3 is 0 Å². The Labute approximate surface area is 132 Å². The van der Waals surface area contributed by atoms with Crippen molar-refractivity contribution < 1.29 is 5.73 Å². The molecule has 0 aromatic heterocycles. The van der Waals surface area contributed by atoms with Crippen LogP contribution in [0.3, 0.4) is 0 Å². The summed E-state index contributed by atoms with van der Waals surface area (Å²) in [6, 6.07) is 17.2. The molecule has 2 heteroatoms. The van der Waals surface area contributed by atoms with Crippen molar-refractivity contribution in [2.24, 2.45) is 5.73 Å². The molecule has 0 bridgehead atoms. The zero-order valence-corrected chi connectivity index (χ0v) is 13.3. The highest BCUT2D eigenvalue weighted by Gasteiger charge is 2.22. The Morgan fingerprint density at radius 3 is 1.64 bits per heavy atom. The molecule has 0 spiro atoms. The Bertz CT molecular complexity index is 680. The molecule has 0 saturated carbocycles. The maximum Gasteiger partial charge on any atom is 0.155 e. The minimum atomic E-state index is 0.839. The first-order chi connectivity index (χ1) is 10.6. The number of hydrogen-bond donors (Lipinski definition) is 2. The van der Waals surface area contributed by atoms with Gasteiger partial charge in [0.15, 0.2) is 5.70 Å². The van der Waals surface area contributed by atoms with Gasteiger partial charge < -0.3 is 11.5 Å². The van der Waals surface area contributed by atoms with Gasteiger partial charge in [-0.1, -0.05) is 59.7 Å². The van der Waals surface area contributed by atoms with Gasteiger partial charge in [-0.15, -0.1) is 0 Å². The van der Waals surface area contributed by atoms with Crippen LogP contribution in [0.1, 0.15) is 35.1 Å². The number of quaternary nitrogens is 1. The number of allylic oxidation sites excluding steroid dienone is 2. The zero-order valence-electron chi connectivity index (χ0n) is 13.3. The lowest BCUT2D eigenvalue weighted by molar-refractivity contribution is -0.296. The summed E-state index contributed by atoms with van der Waals surface area (Å²) in [7, 11) is 0. The fraction of sp³-hybridized carbons (Fsp3) is 0.200. The fourth-order valence-electron chi connectivity index (χ4n) is 3.01. The molecule has 0 heterocycles. The van der Waals surface area contributed by atoms with Gasteiger partial charge in [0.05, 0.1) is 5.70 Å². The van der Waals surface area contributed by atoms with Crippen LogP contribution in [0.4, 0.5) is 0 Å². The summed E-state index contributed by atoms with van der Waals surface area (Å²) >= 11 is 0. The van der Waals surface area contributed by atoms with Gasteiger partial charge in [0.1, 0.15) is 0 Å². The second-order valence-corrected chi connectivity index (χ2v) is 6.08. The van der Waals surface area contributed by atoms with Crippen molar-refractivity contribution >= 4 is 11.1 Å². The molecule has 22 heavy (non-hydrogen) atoms. The van der Waals surface area contributed by atoms with Crippen LogP contribution in [0.15, 0.2) is 59.9 Å². The highest BCUT2D eigenvalue weighted by Crippen LogP contribution is 2.35. The van der Waals surface area contributed by atoms with Crippen LogP contribution >= 0.6 is 0 Å². The lowest BCUT2D eigenvalue weighted by Crippen LogP contribution is -2.51. The third-order valence-corrected chi connectivity index (χ3v) is 4.44. The highest BCUT2D eigenvalue weighted by atomic mass is 14.7. The Balaban J connectivity index is 2.02. The first-order valence-corrected chi connectivity index (χ1v) is 7.74. The average Bonchev–Trinajstić information content (AvgIpc) is 2.52. The third kappa shape index (κ3) is 2.70. The normalized spacial score (nSPS) is 15.4. The third-order valence-electron chi connectivity index (χ3n) is 4.44. The van der Waals surface area contributed by atoms with Gasteiger partial charge in [-0.25, -0.2) is 0 Å². The van der Waals surface area contributed by atoms with E-state index in [2.05, 4.69) is 68.1 Å². The predicted octanol–water partition coefficient (Wildman–Crippen LogP) is 3.42. The van der Waals surface area contributed by atoms with E-state index >= 15 is 0 Å². The van der Waals surface area contributed by atoms with Crippen LogP contribution in [0, 0.1) is 13.8 Å². The minimum Gasteiger partial charge on any atom is -0.394 e. The van der Waals surface area contributed by atoms with Gasteiger partial charge in [-0.05, 0) is 43.4 Å². The monoisotopic (exact) mass is 291 g/mol. The molecule has 0 radical (unpaired) electrons. The molecule has 0 aliphatic heterocycles. The van der Waals surface area contributed by atoms with Crippen molar-refractivity contribution in [3.8, 4) is 0 Å². The lowest BCUT2D eigenvalue weighted by atomic mass is 9.86. The topological polar surface area (TPSA) is 53.7 Å². The summed E-state index contributed by atoms with van der Waals surface area (Å²) in [5.74, 6) is 0. The maximum absolute atomic E-state index is 6.41. The number of hydrogen-bond acceptors (Lipinski definition) is 1.